The highest BCUT2D eigenvalue weighted by molar-refractivity contribution is 5.80. The number of benzene rings is 1. The molecule has 1 aliphatic rings. The molecule has 138 valence electrons. The van der Waals surface area contributed by atoms with Crippen LogP contribution < -0.4 is 5.56 Å². The molecule has 1 saturated carbocycles. The van der Waals surface area contributed by atoms with Crippen molar-refractivity contribution in [1.82, 2.24) is 14.7 Å². The number of likely N-dealkylation sites (N-methyl/N-ethyl adjacent to an activating group) is 1. The van der Waals surface area contributed by atoms with Gasteiger partial charge in [0.2, 0.25) is 5.91 Å². The molecule has 0 aliphatic heterocycles. The molecule has 3 rings (SSSR count). The van der Waals surface area contributed by atoms with Gasteiger partial charge in [-0.05, 0) is 32.8 Å². The zero-order valence-corrected chi connectivity index (χ0v) is 15.6. The molecule has 1 fully saturated rings. The molecule has 0 saturated heterocycles. The van der Waals surface area contributed by atoms with E-state index in [0.29, 0.717) is 12.2 Å². The van der Waals surface area contributed by atoms with Crippen molar-refractivity contribution in [3.63, 3.8) is 0 Å². The number of hydrogen-bond donors (Lipinski definition) is 0. The van der Waals surface area contributed by atoms with Crippen molar-refractivity contribution in [1.29, 1.82) is 0 Å². The Labute approximate surface area is 154 Å². The predicted octanol–water partition coefficient (Wildman–Crippen LogP) is 3.65. The van der Waals surface area contributed by atoms with Crippen molar-refractivity contribution in [2.75, 3.05) is 6.54 Å². The number of amides is 1. The van der Waals surface area contributed by atoms with Gasteiger partial charge in [0.1, 0.15) is 6.04 Å². The summed E-state index contributed by atoms with van der Waals surface area (Å²) in [6, 6.07) is 12.6. The Morgan fingerprint density at radius 3 is 2.50 bits per heavy atom. The summed E-state index contributed by atoms with van der Waals surface area (Å²) >= 11 is 0. The lowest BCUT2D eigenvalue weighted by Gasteiger charge is -2.35. The molecule has 0 bridgehead atoms. The fourth-order valence-electron chi connectivity index (χ4n) is 3.80. The van der Waals surface area contributed by atoms with Crippen molar-refractivity contribution in [3.05, 3.63) is 52.8 Å². The second-order valence-electron chi connectivity index (χ2n) is 6.96. The van der Waals surface area contributed by atoms with E-state index >= 15 is 0 Å². The molecule has 1 unspecified atom stereocenters. The number of nitrogens with zero attached hydrogens (tertiary/aromatic N) is 3. The Balaban J connectivity index is 1.87. The fraction of sp³-hybridized carbons (Fsp3) is 0.476. The van der Waals surface area contributed by atoms with Gasteiger partial charge in [-0.1, -0.05) is 49.6 Å². The summed E-state index contributed by atoms with van der Waals surface area (Å²) in [5.41, 5.74) is 1.39. The maximum atomic E-state index is 13.1. The van der Waals surface area contributed by atoms with E-state index in [4.69, 9.17) is 0 Å². The summed E-state index contributed by atoms with van der Waals surface area (Å²) in [5.74, 6) is -0.0146. The van der Waals surface area contributed by atoms with E-state index in [0.717, 1.165) is 18.4 Å². The van der Waals surface area contributed by atoms with E-state index in [1.165, 1.54) is 30.0 Å². The van der Waals surface area contributed by atoms with Crippen LogP contribution in [0.4, 0.5) is 0 Å². The summed E-state index contributed by atoms with van der Waals surface area (Å²) in [4.78, 5) is 27.4. The first-order valence-electron chi connectivity index (χ1n) is 9.57. The first-order valence-corrected chi connectivity index (χ1v) is 9.57. The van der Waals surface area contributed by atoms with Gasteiger partial charge in [0.15, 0.2) is 0 Å². The molecular weight excluding hydrogens is 326 g/mol. The number of hydrogen-bond acceptors (Lipinski definition) is 3. The summed E-state index contributed by atoms with van der Waals surface area (Å²) in [6.07, 6.45) is 5.70. The lowest BCUT2D eigenvalue weighted by Crippen LogP contribution is -2.46. The van der Waals surface area contributed by atoms with Gasteiger partial charge >= 0.3 is 0 Å². The number of rotatable bonds is 5. The van der Waals surface area contributed by atoms with E-state index < -0.39 is 6.04 Å². The maximum Gasteiger partial charge on any atom is 0.267 e. The second-order valence-corrected chi connectivity index (χ2v) is 6.96. The molecule has 0 spiro atoms. The number of aromatic nitrogens is 2. The van der Waals surface area contributed by atoms with Crippen molar-refractivity contribution < 1.29 is 4.79 Å². The Bertz CT molecular complexity index is 794. The third kappa shape index (κ3) is 3.87. The molecule has 1 atom stereocenters. The Kier molecular flexibility index (Phi) is 5.86. The summed E-state index contributed by atoms with van der Waals surface area (Å²) in [5, 5.41) is 4.48. The van der Waals surface area contributed by atoms with Crippen LogP contribution in [-0.2, 0) is 4.79 Å². The van der Waals surface area contributed by atoms with Crippen LogP contribution in [0.1, 0.15) is 52.0 Å². The van der Waals surface area contributed by atoms with Crippen LogP contribution >= 0.6 is 0 Å². The van der Waals surface area contributed by atoms with E-state index in [1.807, 2.05) is 42.2 Å². The van der Waals surface area contributed by atoms with Crippen LogP contribution in [0.25, 0.3) is 11.3 Å². The van der Waals surface area contributed by atoms with Crippen LogP contribution in [-0.4, -0.2) is 33.2 Å². The smallest absolute Gasteiger partial charge is 0.267 e. The van der Waals surface area contributed by atoms with Gasteiger partial charge in [-0.15, -0.1) is 0 Å². The highest BCUT2D eigenvalue weighted by atomic mass is 16.2. The molecule has 0 N–H and O–H groups in total. The van der Waals surface area contributed by atoms with E-state index in [9.17, 15) is 9.59 Å². The molecule has 5 heteroatoms. The zero-order chi connectivity index (χ0) is 18.5. The van der Waals surface area contributed by atoms with Crippen LogP contribution in [0.5, 0.6) is 0 Å². The summed E-state index contributed by atoms with van der Waals surface area (Å²) < 4.78 is 1.33. The molecule has 1 amide bonds. The van der Waals surface area contributed by atoms with E-state index in [2.05, 4.69) is 5.10 Å². The van der Waals surface area contributed by atoms with E-state index in [-0.39, 0.29) is 17.5 Å². The maximum absolute atomic E-state index is 13.1. The van der Waals surface area contributed by atoms with Crippen LogP contribution in [0.2, 0.25) is 0 Å². The molecular formula is C21H27N3O2. The Hall–Kier alpha value is -2.43. The minimum absolute atomic E-state index is 0.0146. The van der Waals surface area contributed by atoms with Gasteiger partial charge in [0, 0.05) is 24.2 Å². The summed E-state index contributed by atoms with van der Waals surface area (Å²) in [6.45, 7) is 4.45. The minimum Gasteiger partial charge on any atom is -0.338 e. The third-order valence-corrected chi connectivity index (χ3v) is 5.26. The third-order valence-electron chi connectivity index (χ3n) is 5.26. The van der Waals surface area contributed by atoms with Crippen LogP contribution in [0.3, 0.4) is 0 Å². The molecule has 2 aromatic rings. The van der Waals surface area contributed by atoms with Crippen LogP contribution in [0.15, 0.2) is 47.3 Å². The number of carbonyl (C=O) groups is 1. The number of carbonyl (C=O) groups excluding carboxylic acids is 1. The van der Waals surface area contributed by atoms with Gasteiger partial charge in [-0.2, -0.15) is 5.10 Å². The minimum atomic E-state index is -0.604. The molecule has 1 aromatic carbocycles. The Morgan fingerprint density at radius 1 is 1.15 bits per heavy atom. The van der Waals surface area contributed by atoms with Gasteiger partial charge < -0.3 is 4.90 Å². The SMILES string of the molecule is CCN(C(=O)C(C)n1nc(-c2ccccc2)ccc1=O)C1CCCCC1. The van der Waals surface area contributed by atoms with Gasteiger partial charge in [-0.3, -0.25) is 9.59 Å². The van der Waals surface area contributed by atoms with Crippen molar-refractivity contribution >= 4 is 5.91 Å². The first kappa shape index (κ1) is 18.4. The topological polar surface area (TPSA) is 55.2 Å². The standard InChI is InChI=1S/C21H27N3O2/c1-3-23(18-12-8-5-9-13-18)21(26)16(2)24-20(25)15-14-19(22-24)17-10-6-4-7-11-17/h4,6-7,10-11,14-16,18H,3,5,8-9,12-13H2,1-2H3. The lowest BCUT2D eigenvalue weighted by molar-refractivity contribution is -0.137. The zero-order valence-electron chi connectivity index (χ0n) is 15.6. The van der Waals surface area contributed by atoms with Crippen molar-refractivity contribution in [2.45, 2.75) is 58.0 Å². The highest BCUT2D eigenvalue weighted by Crippen LogP contribution is 2.24. The molecule has 1 aromatic heterocycles. The lowest BCUT2D eigenvalue weighted by atomic mass is 9.94. The molecule has 5 nitrogen and oxygen atoms in total. The normalized spacial score (nSPS) is 16.2. The first-order chi connectivity index (χ1) is 12.6. The van der Waals surface area contributed by atoms with Gasteiger partial charge in [0.05, 0.1) is 5.69 Å². The summed E-state index contributed by atoms with van der Waals surface area (Å²) in [7, 11) is 0. The highest BCUT2D eigenvalue weighted by Gasteiger charge is 2.29. The van der Waals surface area contributed by atoms with Crippen LogP contribution in [0, 0.1) is 0 Å². The van der Waals surface area contributed by atoms with Gasteiger partial charge in [-0.25, -0.2) is 4.68 Å². The molecule has 1 aliphatic carbocycles. The second kappa shape index (κ2) is 8.30. The van der Waals surface area contributed by atoms with Crippen molar-refractivity contribution in [3.8, 4) is 11.3 Å². The molecule has 0 radical (unpaired) electrons. The van der Waals surface area contributed by atoms with Gasteiger partial charge in [0.25, 0.3) is 5.56 Å². The average Bonchev–Trinajstić information content (AvgIpc) is 2.70. The van der Waals surface area contributed by atoms with Crippen molar-refractivity contribution in [2.24, 2.45) is 0 Å². The monoisotopic (exact) mass is 353 g/mol. The molecule has 1 heterocycles. The predicted molar refractivity (Wildman–Crippen MR) is 103 cm³/mol. The van der Waals surface area contributed by atoms with E-state index in [1.54, 1.807) is 13.0 Å². The largest absolute Gasteiger partial charge is 0.338 e. The quantitative estimate of drug-likeness (QED) is 0.824. The average molecular weight is 353 g/mol. The Morgan fingerprint density at radius 2 is 1.85 bits per heavy atom. The fourth-order valence-corrected chi connectivity index (χ4v) is 3.80. The molecule has 26 heavy (non-hydrogen) atoms.